The monoisotopic (exact) mass is 290 g/mol. The highest BCUT2D eigenvalue weighted by Crippen LogP contribution is 2.29. The number of carbonyl (C=O) groups is 1. The number of para-hydroxylation sites is 1. The number of hydrogen-bond acceptors (Lipinski definition) is 3. The summed E-state index contributed by atoms with van der Waals surface area (Å²) in [5, 5.41) is -0.615. The predicted molar refractivity (Wildman–Crippen MR) is 79.2 cm³/mol. The molecular formula is C16H15ClO3. The fourth-order valence-electron chi connectivity index (χ4n) is 1.78. The van der Waals surface area contributed by atoms with Crippen LogP contribution in [0.1, 0.15) is 17.3 Å². The minimum absolute atomic E-state index is 0.193. The van der Waals surface area contributed by atoms with Crippen molar-refractivity contribution < 1.29 is 14.3 Å². The van der Waals surface area contributed by atoms with Gasteiger partial charge in [0.05, 0.1) is 18.1 Å². The van der Waals surface area contributed by atoms with Gasteiger partial charge in [0, 0.05) is 0 Å². The van der Waals surface area contributed by atoms with E-state index >= 15 is 0 Å². The lowest BCUT2D eigenvalue weighted by Gasteiger charge is -2.12. The zero-order valence-electron chi connectivity index (χ0n) is 11.3. The molecule has 0 aliphatic carbocycles. The van der Waals surface area contributed by atoms with Crippen LogP contribution in [0.15, 0.2) is 48.5 Å². The SMILES string of the molecule is COc1ccc(Oc2ccccc2)cc1C(=O)C(C)Cl. The smallest absolute Gasteiger partial charge is 0.184 e. The number of rotatable bonds is 5. The molecule has 0 saturated heterocycles. The van der Waals surface area contributed by atoms with E-state index in [4.69, 9.17) is 21.1 Å². The molecule has 20 heavy (non-hydrogen) atoms. The first kappa shape index (κ1) is 14.4. The first-order valence-corrected chi connectivity index (χ1v) is 6.64. The van der Waals surface area contributed by atoms with E-state index in [0.29, 0.717) is 22.8 Å². The predicted octanol–water partition coefficient (Wildman–Crippen LogP) is 4.30. The molecule has 0 aromatic heterocycles. The third kappa shape index (κ3) is 3.31. The van der Waals surface area contributed by atoms with E-state index in [2.05, 4.69) is 0 Å². The lowest BCUT2D eigenvalue weighted by molar-refractivity contribution is 0.0988. The van der Waals surface area contributed by atoms with Crippen LogP contribution in [0.4, 0.5) is 0 Å². The molecule has 0 radical (unpaired) electrons. The molecule has 0 aliphatic rings. The van der Waals surface area contributed by atoms with Gasteiger partial charge in [-0.3, -0.25) is 4.79 Å². The van der Waals surface area contributed by atoms with Crippen LogP contribution in [0.5, 0.6) is 17.2 Å². The van der Waals surface area contributed by atoms with E-state index < -0.39 is 5.38 Å². The highest BCUT2D eigenvalue weighted by atomic mass is 35.5. The van der Waals surface area contributed by atoms with E-state index in [1.54, 1.807) is 25.1 Å². The standard InChI is InChI=1S/C16H15ClO3/c1-11(17)16(18)14-10-13(8-9-15(14)19-2)20-12-6-4-3-5-7-12/h3-11H,1-2H3. The second-order valence-electron chi connectivity index (χ2n) is 4.26. The van der Waals surface area contributed by atoms with Crippen LogP contribution in [-0.2, 0) is 0 Å². The van der Waals surface area contributed by atoms with E-state index in [-0.39, 0.29) is 5.78 Å². The van der Waals surface area contributed by atoms with Crippen molar-refractivity contribution in [3.05, 3.63) is 54.1 Å². The maximum atomic E-state index is 12.1. The molecule has 4 heteroatoms. The second kappa shape index (κ2) is 6.44. The van der Waals surface area contributed by atoms with Crippen LogP contribution in [0.25, 0.3) is 0 Å². The summed E-state index contributed by atoms with van der Waals surface area (Å²) >= 11 is 5.86. The highest BCUT2D eigenvalue weighted by molar-refractivity contribution is 6.34. The van der Waals surface area contributed by atoms with Crippen molar-refractivity contribution in [2.24, 2.45) is 0 Å². The first-order chi connectivity index (χ1) is 9.61. The molecule has 2 aromatic rings. The Balaban J connectivity index is 2.32. The molecule has 0 bridgehead atoms. The quantitative estimate of drug-likeness (QED) is 0.608. The zero-order valence-corrected chi connectivity index (χ0v) is 12.1. The third-order valence-corrected chi connectivity index (χ3v) is 2.97. The van der Waals surface area contributed by atoms with Gasteiger partial charge < -0.3 is 9.47 Å². The number of Topliss-reactive ketones (excluding diaryl/α,β-unsaturated/α-hetero) is 1. The van der Waals surface area contributed by atoms with Crippen LogP contribution in [-0.4, -0.2) is 18.3 Å². The molecule has 0 saturated carbocycles. The fraction of sp³-hybridized carbons (Fsp3) is 0.188. The summed E-state index contributed by atoms with van der Waals surface area (Å²) in [5.74, 6) is 1.57. The van der Waals surface area contributed by atoms with Crippen molar-refractivity contribution in [2.45, 2.75) is 12.3 Å². The average Bonchev–Trinajstić information content (AvgIpc) is 2.47. The zero-order chi connectivity index (χ0) is 14.5. The Morgan fingerprint density at radius 3 is 2.40 bits per heavy atom. The van der Waals surface area contributed by atoms with Gasteiger partial charge in [-0.1, -0.05) is 18.2 Å². The lowest BCUT2D eigenvalue weighted by atomic mass is 10.1. The van der Waals surface area contributed by atoms with Gasteiger partial charge >= 0.3 is 0 Å². The second-order valence-corrected chi connectivity index (χ2v) is 4.91. The van der Waals surface area contributed by atoms with Crippen LogP contribution < -0.4 is 9.47 Å². The molecule has 2 rings (SSSR count). The molecule has 0 spiro atoms. The maximum absolute atomic E-state index is 12.1. The Morgan fingerprint density at radius 1 is 1.10 bits per heavy atom. The third-order valence-electron chi connectivity index (χ3n) is 2.78. The normalized spacial score (nSPS) is 11.8. The number of carbonyl (C=O) groups excluding carboxylic acids is 1. The Morgan fingerprint density at radius 2 is 1.80 bits per heavy atom. The van der Waals surface area contributed by atoms with Crippen molar-refractivity contribution in [1.82, 2.24) is 0 Å². The lowest BCUT2D eigenvalue weighted by Crippen LogP contribution is -2.12. The van der Waals surface area contributed by atoms with Gasteiger partial charge in [0.15, 0.2) is 5.78 Å². The Kier molecular flexibility index (Phi) is 4.64. The van der Waals surface area contributed by atoms with Crippen LogP contribution in [0.2, 0.25) is 0 Å². The molecule has 104 valence electrons. The molecule has 0 fully saturated rings. The van der Waals surface area contributed by atoms with Gasteiger partial charge in [0.2, 0.25) is 0 Å². The number of alkyl halides is 1. The number of methoxy groups -OCH3 is 1. The van der Waals surface area contributed by atoms with Gasteiger partial charge in [-0.15, -0.1) is 11.6 Å². The number of hydrogen-bond donors (Lipinski definition) is 0. The van der Waals surface area contributed by atoms with Crippen molar-refractivity contribution in [1.29, 1.82) is 0 Å². The highest BCUT2D eigenvalue weighted by Gasteiger charge is 2.18. The molecule has 0 heterocycles. The topological polar surface area (TPSA) is 35.5 Å². The van der Waals surface area contributed by atoms with Crippen molar-refractivity contribution in [3.63, 3.8) is 0 Å². The van der Waals surface area contributed by atoms with Crippen molar-refractivity contribution in [3.8, 4) is 17.2 Å². The van der Waals surface area contributed by atoms with E-state index in [1.807, 2.05) is 30.3 Å². The van der Waals surface area contributed by atoms with Gasteiger partial charge in [0.1, 0.15) is 17.2 Å². The molecule has 0 N–H and O–H groups in total. The summed E-state index contributed by atoms with van der Waals surface area (Å²) in [6.07, 6.45) is 0. The fourth-order valence-corrected chi connectivity index (χ4v) is 1.90. The summed E-state index contributed by atoms with van der Waals surface area (Å²) in [5.41, 5.74) is 0.420. The first-order valence-electron chi connectivity index (χ1n) is 6.21. The molecule has 1 atom stereocenters. The van der Waals surface area contributed by atoms with Gasteiger partial charge in [0.25, 0.3) is 0 Å². The Labute approximate surface area is 123 Å². The van der Waals surface area contributed by atoms with E-state index in [1.165, 1.54) is 7.11 Å². The van der Waals surface area contributed by atoms with Crippen molar-refractivity contribution in [2.75, 3.05) is 7.11 Å². The minimum atomic E-state index is -0.615. The molecular weight excluding hydrogens is 276 g/mol. The number of ether oxygens (including phenoxy) is 2. The van der Waals surface area contributed by atoms with Gasteiger partial charge in [-0.2, -0.15) is 0 Å². The minimum Gasteiger partial charge on any atom is -0.496 e. The summed E-state index contributed by atoms with van der Waals surface area (Å²) < 4.78 is 10.9. The summed E-state index contributed by atoms with van der Waals surface area (Å²) in [6, 6.07) is 14.5. The van der Waals surface area contributed by atoms with Crippen LogP contribution >= 0.6 is 11.6 Å². The summed E-state index contributed by atoms with van der Waals surface area (Å²) in [6.45, 7) is 1.63. The maximum Gasteiger partial charge on any atom is 0.184 e. The largest absolute Gasteiger partial charge is 0.496 e. The van der Waals surface area contributed by atoms with E-state index in [9.17, 15) is 4.79 Å². The molecule has 0 amide bonds. The average molecular weight is 291 g/mol. The van der Waals surface area contributed by atoms with E-state index in [0.717, 1.165) is 0 Å². The van der Waals surface area contributed by atoms with Crippen LogP contribution in [0, 0.1) is 0 Å². The van der Waals surface area contributed by atoms with Gasteiger partial charge in [-0.25, -0.2) is 0 Å². The van der Waals surface area contributed by atoms with Crippen LogP contribution in [0.3, 0.4) is 0 Å². The Bertz CT molecular complexity index is 594. The molecule has 2 aromatic carbocycles. The Hall–Kier alpha value is -2.00. The summed E-state index contributed by atoms with van der Waals surface area (Å²) in [4.78, 5) is 12.1. The summed E-state index contributed by atoms with van der Waals surface area (Å²) in [7, 11) is 1.52. The van der Waals surface area contributed by atoms with Gasteiger partial charge in [-0.05, 0) is 37.3 Å². The van der Waals surface area contributed by atoms with Crippen molar-refractivity contribution >= 4 is 17.4 Å². The molecule has 3 nitrogen and oxygen atoms in total. The number of benzene rings is 2. The number of halogens is 1. The number of ketones is 1. The molecule has 1 unspecified atom stereocenters. The molecule has 0 aliphatic heterocycles.